The lowest BCUT2D eigenvalue weighted by Gasteiger charge is -2.16. The molecular formula is C12H17N3. The summed E-state index contributed by atoms with van der Waals surface area (Å²) in [6.45, 7) is 8.78. The van der Waals surface area contributed by atoms with Crippen molar-refractivity contribution < 1.29 is 0 Å². The molecule has 3 nitrogen and oxygen atoms in total. The smallest absolute Gasteiger partial charge is 0.155 e. The van der Waals surface area contributed by atoms with Crippen molar-refractivity contribution in [3.63, 3.8) is 0 Å². The average molecular weight is 203 g/mol. The van der Waals surface area contributed by atoms with Gasteiger partial charge in [0.05, 0.1) is 11.9 Å². The summed E-state index contributed by atoms with van der Waals surface area (Å²) in [6.07, 6.45) is 3.79. The minimum atomic E-state index is 0.466. The average Bonchev–Trinajstić information content (AvgIpc) is 2.62. The molecule has 0 unspecified atom stereocenters. The van der Waals surface area contributed by atoms with Gasteiger partial charge in [-0.25, -0.2) is 9.50 Å². The Morgan fingerprint density at radius 3 is 2.47 bits per heavy atom. The molecule has 2 heterocycles. The number of fused-ring (bicyclic) bond motifs is 1. The molecule has 0 saturated heterocycles. The van der Waals surface area contributed by atoms with Crippen LogP contribution < -0.4 is 0 Å². The second-order valence-electron chi connectivity index (χ2n) is 4.51. The molecule has 15 heavy (non-hydrogen) atoms. The molecule has 0 aliphatic carbocycles. The van der Waals surface area contributed by atoms with Gasteiger partial charge in [0.25, 0.3) is 0 Å². The fourth-order valence-corrected chi connectivity index (χ4v) is 1.93. The number of aromatic nitrogens is 3. The van der Waals surface area contributed by atoms with Gasteiger partial charge in [0.2, 0.25) is 0 Å². The lowest BCUT2D eigenvalue weighted by molar-refractivity contribution is 0.702. The Labute approximate surface area is 90.1 Å². The molecule has 0 fully saturated rings. The molecule has 0 saturated carbocycles. The first-order valence-corrected chi connectivity index (χ1v) is 5.43. The highest BCUT2D eigenvalue weighted by molar-refractivity contribution is 5.41. The van der Waals surface area contributed by atoms with Crippen molar-refractivity contribution in [1.82, 2.24) is 14.6 Å². The Balaban J connectivity index is 2.75. The zero-order valence-electron chi connectivity index (χ0n) is 9.73. The second-order valence-corrected chi connectivity index (χ2v) is 4.51. The van der Waals surface area contributed by atoms with Crippen molar-refractivity contribution in [2.24, 2.45) is 0 Å². The maximum absolute atomic E-state index is 4.41. The SMILES string of the molecule is CC(C)c1cnc2ccnn2c1C(C)C. The molecule has 2 aromatic rings. The predicted molar refractivity (Wildman–Crippen MR) is 61.2 cm³/mol. The summed E-state index contributed by atoms with van der Waals surface area (Å²) >= 11 is 0. The summed E-state index contributed by atoms with van der Waals surface area (Å²) < 4.78 is 1.96. The predicted octanol–water partition coefficient (Wildman–Crippen LogP) is 2.98. The molecule has 0 aromatic carbocycles. The van der Waals surface area contributed by atoms with Crippen molar-refractivity contribution in [2.75, 3.05) is 0 Å². The highest BCUT2D eigenvalue weighted by Crippen LogP contribution is 2.25. The quantitative estimate of drug-likeness (QED) is 0.751. The Bertz CT molecular complexity index is 469. The van der Waals surface area contributed by atoms with E-state index in [4.69, 9.17) is 0 Å². The molecule has 2 aromatic heterocycles. The third-order valence-electron chi connectivity index (χ3n) is 2.65. The number of nitrogens with zero attached hydrogens (tertiary/aromatic N) is 3. The normalized spacial score (nSPS) is 11.9. The van der Waals surface area contributed by atoms with Crippen molar-refractivity contribution in [1.29, 1.82) is 0 Å². The molecular weight excluding hydrogens is 186 g/mol. The fourth-order valence-electron chi connectivity index (χ4n) is 1.93. The van der Waals surface area contributed by atoms with Crippen LogP contribution in [0, 0.1) is 0 Å². The van der Waals surface area contributed by atoms with Gasteiger partial charge >= 0.3 is 0 Å². The molecule has 0 radical (unpaired) electrons. The van der Waals surface area contributed by atoms with E-state index < -0.39 is 0 Å². The van der Waals surface area contributed by atoms with Gasteiger partial charge in [-0.05, 0) is 17.4 Å². The van der Waals surface area contributed by atoms with E-state index in [-0.39, 0.29) is 0 Å². The van der Waals surface area contributed by atoms with Gasteiger partial charge in [-0.2, -0.15) is 5.10 Å². The van der Waals surface area contributed by atoms with Crippen molar-refractivity contribution in [2.45, 2.75) is 39.5 Å². The van der Waals surface area contributed by atoms with Crippen molar-refractivity contribution in [3.05, 3.63) is 29.7 Å². The summed E-state index contributed by atoms with van der Waals surface area (Å²) in [6, 6.07) is 1.94. The maximum Gasteiger partial charge on any atom is 0.155 e. The molecule has 0 N–H and O–H groups in total. The van der Waals surface area contributed by atoms with Crippen LogP contribution in [0.5, 0.6) is 0 Å². The third kappa shape index (κ3) is 1.62. The van der Waals surface area contributed by atoms with Crippen LogP contribution in [-0.2, 0) is 0 Å². The van der Waals surface area contributed by atoms with Crippen LogP contribution in [0.3, 0.4) is 0 Å². The standard InChI is InChI=1S/C12H17N3/c1-8(2)10-7-13-11-5-6-14-15(11)12(10)9(3)4/h5-9H,1-4H3. The van der Waals surface area contributed by atoms with Crippen LogP contribution in [0.1, 0.15) is 50.8 Å². The van der Waals surface area contributed by atoms with E-state index in [0.717, 1.165) is 5.65 Å². The summed E-state index contributed by atoms with van der Waals surface area (Å²) in [7, 11) is 0. The fraction of sp³-hybridized carbons (Fsp3) is 0.500. The van der Waals surface area contributed by atoms with Crippen LogP contribution in [-0.4, -0.2) is 14.6 Å². The van der Waals surface area contributed by atoms with E-state index in [1.54, 1.807) is 6.20 Å². The van der Waals surface area contributed by atoms with E-state index in [9.17, 15) is 0 Å². The zero-order valence-corrected chi connectivity index (χ0v) is 9.73. The molecule has 0 aliphatic rings. The zero-order chi connectivity index (χ0) is 11.0. The van der Waals surface area contributed by atoms with Crippen LogP contribution in [0.4, 0.5) is 0 Å². The van der Waals surface area contributed by atoms with Crippen molar-refractivity contribution in [3.8, 4) is 0 Å². The number of hydrogen-bond donors (Lipinski definition) is 0. The summed E-state index contributed by atoms with van der Waals surface area (Å²) in [5.74, 6) is 0.955. The molecule has 0 spiro atoms. The molecule has 0 bridgehead atoms. The van der Waals surface area contributed by atoms with E-state index in [0.29, 0.717) is 11.8 Å². The minimum absolute atomic E-state index is 0.466. The van der Waals surface area contributed by atoms with Gasteiger partial charge in [0.1, 0.15) is 0 Å². The molecule has 0 atom stereocenters. The first-order valence-electron chi connectivity index (χ1n) is 5.43. The Hall–Kier alpha value is -1.38. The summed E-state index contributed by atoms with van der Waals surface area (Å²) in [5.41, 5.74) is 3.50. The van der Waals surface area contributed by atoms with E-state index >= 15 is 0 Å². The highest BCUT2D eigenvalue weighted by atomic mass is 15.2. The maximum atomic E-state index is 4.41. The highest BCUT2D eigenvalue weighted by Gasteiger charge is 2.14. The lowest BCUT2D eigenvalue weighted by atomic mass is 9.97. The van der Waals surface area contributed by atoms with E-state index in [1.807, 2.05) is 16.8 Å². The summed E-state index contributed by atoms with van der Waals surface area (Å²) in [5, 5.41) is 4.34. The van der Waals surface area contributed by atoms with Gasteiger partial charge in [-0.1, -0.05) is 27.7 Å². The molecule has 0 amide bonds. The van der Waals surface area contributed by atoms with E-state index in [1.165, 1.54) is 11.3 Å². The number of hydrogen-bond acceptors (Lipinski definition) is 2. The molecule has 3 heteroatoms. The largest absolute Gasteiger partial charge is 0.237 e. The van der Waals surface area contributed by atoms with E-state index in [2.05, 4.69) is 37.8 Å². The van der Waals surface area contributed by atoms with Gasteiger partial charge in [-0.3, -0.25) is 0 Å². The minimum Gasteiger partial charge on any atom is -0.237 e. The Morgan fingerprint density at radius 1 is 1.13 bits per heavy atom. The first-order chi connectivity index (χ1) is 7.11. The monoisotopic (exact) mass is 203 g/mol. The third-order valence-corrected chi connectivity index (χ3v) is 2.65. The van der Waals surface area contributed by atoms with Gasteiger partial charge in [0.15, 0.2) is 5.65 Å². The van der Waals surface area contributed by atoms with Gasteiger partial charge in [-0.15, -0.1) is 0 Å². The Kier molecular flexibility index (Phi) is 2.47. The van der Waals surface area contributed by atoms with Crippen LogP contribution in [0.25, 0.3) is 5.65 Å². The number of rotatable bonds is 2. The topological polar surface area (TPSA) is 30.2 Å². The molecule has 2 rings (SSSR count). The van der Waals surface area contributed by atoms with Crippen molar-refractivity contribution >= 4 is 5.65 Å². The summed E-state index contributed by atoms with van der Waals surface area (Å²) in [4.78, 5) is 4.41. The Morgan fingerprint density at radius 2 is 1.87 bits per heavy atom. The van der Waals surface area contributed by atoms with Crippen LogP contribution >= 0.6 is 0 Å². The lowest BCUT2D eigenvalue weighted by Crippen LogP contribution is -2.08. The van der Waals surface area contributed by atoms with Crippen LogP contribution in [0.15, 0.2) is 18.5 Å². The molecule has 0 aliphatic heterocycles. The molecule has 80 valence electrons. The van der Waals surface area contributed by atoms with Gasteiger partial charge < -0.3 is 0 Å². The van der Waals surface area contributed by atoms with Gasteiger partial charge in [0, 0.05) is 12.3 Å². The van der Waals surface area contributed by atoms with Crippen LogP contribution in [0.2, 0.25) is 0 Å². The first kappa shape index (κ1) is 10.1. The second kappa shape index (κ2) is 3.65.